The van der Waals surface area contributed by atoms with Gasteiger partial charge in [-0.15, -0.1) is 0 Å². The Kier molecular flexibility index (Phi) is 5.77. The van der Waals surface area contributed by atoms with E-state index in [1.165, 1.54) is 0 Å². The summed E-state index contributed by atoms with van der Waals surface area (Å²) in [5.41, 5.74) is 0.694. The molecule has 0 aromatic heterocycles. The van der Waals surface area contributed by atoms with Crippen molar-refractivity contribution in [3.63, 3.8) is 0 Å². The van der Waals surface area contributed by atoms with E-state index >= 15 is 0 Å². The van der Waals surface area contributed by atoms with E-state index in [1.807, 2.05) is 18.2 Å². The van der Waals surface area contributed by atoms with Crippen LogP contribution in [0, 0.1) is 0 Å². The molecule has 1 aromatic carbocycles. The number of carbonyl (C=O) groups is 2. The molecule has 3 amide bonds. The highest BCUT2D eigenvalue weighted by Gasteiger charge is 2.23. The third kappa shape index (κ3) is 5.04. The number of rotatable bonds is 4. The van der Waals surface area contributed by atoms with E-state index in [-0.39, 0.29) is 18.0 Å². The summed E-state index contributed by atoms with van der Waals surface area (Å²) in [6, 6.07) is 8.75. The minimum Gasteiger partial charge on any atom is -0.351 e. The predicted octanol–water partition coefficient (Wildman–Crippen LogP) is 1.45. The van der Waals surface area contributed by atoms with Gasteiger partial charge in [-0.05, 0) is 45.4 Å². The van der Waals surface area contributed by atoms with Gasteiger partial charge in [0.1, 0.15) is 6.04 Å². The van der Waals surface area contributed by atoms with Crippen molar-refractivity contribution in [3.05, 3.63) is 30.3 Å². The molecule has 1 aliphatic rings. The summed E-state index contributed by atoms with van der Waals surface area (Å²) >= 11 is 0. The van der Waals surface area contributed by atoms with Crippen LogP contribution in [0.1, 0.15) is 26.7 Å². The molecule has 0 aliphatic carbocycles. The van der Waals surface area contributed by atoms with Gasteiger partial charge in [-0.25, -0.2) is 4.79 Å². The monoisotopic (exact) mass is 304 g/mol. The third-order valence-electron chi connectivity index (χ3n) is 3.74. The number of hydrogen-bond acceptors (Lipinski definition) is 3. The zero-order valence-electron chi connectivity index (χ0n) is 13.1. The number of carbonyl (C=O) groups excluding carboxylic acids is 2. The zero-order chi connectivity index (χ0) is 15.9. The van der Waals surface area contributed by atoms with Crippen LogP contribution < -0.4 is 21.3 Å². The molecule has 0 spiro atoms. The quantitative estimate of drug-likeness (QED) is 0.679. The number of hydrogen-bond donors (Lipinski definition) is 4. The molecule has 120 valence electrons. The highest BCUT2D eigenvalue weighted by molar-refractivity contribution is 5.93. The first-order valence-corrected chi connectivity index (χ1v) is 7.71. The van der Waals surface area contributed by atoms with Gasteiger partial charge in [-0.3, -0.25) is 4.79 Å². The molecular formula is C16H24N4O2. The van der Waals surface area contributed by atoms with Crippen LogP contribution in [0.3, 0.4) is 0 Å². The van der Waals surface area contributed by atoms with E-state index in [0.29, 0.717) is 11.7 Å². The van der Waals surface area contributed by atoms with Crippen LogP contribution in [0.25, 0.3) is 0 Å². The number of nitrogens with one attached hydrogen (secondary N) is 4. The maximum absolute atomic E-state index is 12.1. The minimum absolute atomic E-state index is 0.151. The second kappa shape index (κ2) is 7.79. The molecule has 0 bridgehead atoms. The largest absolute Gasteiger partial charge is 0.351 e. The SMILES string of the molecule is CC1CC(NC(=O)C(C)NC(=O)Nc2ccccc2)CCN1. The summed E-state index contributed by atoms with van der Waals surface area (Å²) in [5.74, 6) is -0.151. The Labute approximate surface area is 131 Å². The topological polar surface area (TPSA) is 82.3 Å². The Morgan fingerprint density at radius 1 is 1.27 bits per heavy atom. The van der Waals surface area contributed by atoms with Crippen LogP contribution >= 0.6 is 0 Å². The van der Waals surface area contributed by atoms with Crippen molar-refractivity contribution in [2.45, 2.75) is 44.8 Å². The summed E-state index contributed by atoms with van der Waals surface area (Å²) in [6.07, 6.45) is 1.83. The van der Waals surface area contributed by atoms with E-state index in [4.69, 9.17) is 0 Å². The van der Waals surface area contributed by atoms with Gasteiger partial charge in [-0.1, -0.05) is 18.2 Å². The van der Waals surface area contributed by atoms with Gasteiger partial charge in [0.25, 0.3) is 0 Å². The smallest absolute Gasteiger partial charge is 0.319 e. The first-order chi connectivity index (χ1) is 10.5. The van der Waals surface area contributed by atoms with Crippen LogP contribution in [0.5, 0.6) is 0 Å². The van der Waals surface area contributed by atoms with E-state index < -0.39 is 6.04 Å². The van der Waals surface area contributed by atoms with Crippen molar-refractivity contribution in [1.29, 1.82) is 0 Å². The zero-order valence-corrected chi connectivity index (χ0v) is 13.1. The second-order valence-electron chi connectivity index (χ2n) is 5.77. The lowest BCUT2D eigenvalue weighted by Gasteiger charge is -2.29. The fourth-order valence-electron chi connectivity index (χ4n) is 2.54. The van der Waals surface area contributed by atoms with Crippen LogP contribution in [0.2, 0.25) is 0 Å². The number of piperidine rings is 1. The second-order valence-corrected chi connectivity index (χ2v) is 5.77. The fourth-order valence-corrected chi connectivity index (χ4v) is 2.54. The highest BCUT2D eigenvalue weighted by atomic mass is 16.2. The molecule has 0 saturated carbocycles. The lowest BCUT2D eigenvalue weighted by molar-refractivity contribution is -0.123. The normalized spacial score (nSPS) is 22.5. The van der Waals surface area contributed by atoms with Gasteiger partial charge >= 0.3 is 6.03 Å². The predicted molar refractivity (Wildman–Crippen MR) is 86.7 cm³/mol. The first kappa shape index (κ1) is 16.3. The van der Waals surface area contributed by atoms with Crippen LogP contribution in [-0.2, 0) is 4.79 Å². The molecule has 1 heterocycles. The van der Waals surface area contributed by atoms with Crippen LogP contribution in [0.15, 0.2) is 30.3 Å². The molecule has 6 heteroatoms. The van der Waals surface area contributed by atoms with Gasteiger partial charge in [0.15, 0.2) is 0 Å². The third-order valence-corrected chi connectivity index (χ3v) is 3.74. The Bertz CT molecular complexity index is 506. The maximum Gasteiger partial charge on any atom is 0.319 e. The standard InChI is InChI=1S/C16H24N4O2/c1-11-10-14(8-9-17-11)19-15(21)12(2)18-16(22)20-13-6-4-3-5-7-13/h3-7,11-12,14,17H,8-10H2,1-2H3,(H,19,21)(H2,18,20,22). The lowest BCUT2D eigenvalue weighted by atomic mass is 10.0. The Morgan fingerprint density at radius 2 is 2.00 bits per heavy atom. The number of urea groups is 1. The molecule has 4 N–H and O–H groups in total. The summed E-state index contributed by atoms with van der Waals surface area (Å²) in [6.45, 7) is 4.69. The van der Waals surface area contributed by atoms with Crippen LogP contribution in [0.4, 0.5) is 10.5 Å². The number of benzene rings is 1. The molecule has 22 heavy (non-hydrogen) atoms. The maximum atomic E-state index is 12.1. The molecule has 0 radical (unpaired) electrons. The summed E-state index contributed by atoms with van der Waals surface area (Å²) in [7, 11) is 0. The Balaban J connectivity index is 1.77. The lowest BCUT2D eigenvalue weighted by Crippen LogP contribution is -2.52. The van der Waals surface area contributed by atoms with Gasteiger partial charge in [0.2, 0.25) is 5.91 Å². The molecule has 1 fully saturated rings. The fraction of sp³-hybridized carbons (Fsp3) is 0.500. The average molecular weight is 304 g/mol. The van der Waals surface area contributed by atoms with Gasteiger partial charge < -0.3 is 21.3 Å². The minimum atomic E-state index is -0.575. The number of amides is 3. The summed E-state index contributed by atoms with van der Waals surface area (Å²) in [4.78, 5) is 24.0. The molecule has 1 aromatic rings. The van der Waals surface area contributed by atoms with Gasteiger partial charge in [0.05, 0.1) is 0 Å². The molecule has 3 atom stereocenters. The van der Waals surface area contributed by atoms with Crippen molar-refractivity contribution in [1.82, 2.24) is 16.0 Å². The van der Waals surface area contributed by atoms with Crippen molar-refractivity contribution < 1.29 is 9.59 Å². The van der Waals surface area contributed by atoms with E-state index in [2.05, 4.69) is 28.2 Å². The van der Waals surface area contributed by atoms with E-state index in [1.54, 1.807) is 19.1 Å². The van der Waals surface area contributed by atoms with E-state index in [0.717, 1.165) is 19.4 Å². The van der Waals surface area contributed by atoms with Crippen molar-refractivity contribution in [2.75, 3.05) is 11.9 Å². The molecule has 6 nitrogen and oxygen atoms in total. The Hall–Kier alpha value is -2.08. The van der Waals surface area contributed by atoms with E-state index in [9.17, 15) is 9.59 Å². The molecule has 2 rings (SSSR count). The van der Waals surface area contributed by atoms with Crippen molar-refractivity contribution in [2.24, 2.45) is 0 Å². The summed E-state index contributed by atoms with van der Waals surface area (Å²) in [5, 5.41) is 11.7. The van der Waals surface area contributed by atoms with Gasteiger partial charge in [-0.2, -0.15) is 0 Å². The first-order valence-electron chi connectivity index (χ1n) is 7.71. The van der Waals surface area contributed by atoms with Gasteiger partial charge in [0, 0.05) is 17.8 Å². The highest BCUT2D eigenvalue weighted by Crippen LogP contribution is 2.08. The molecule has 3 unspecified atom stereocenters. The van der Waals surface area contributed by atoms with Crippen molar-refractivity contribution in [3.8, 4) is 0 Å². The number of para-hydroxylation sites is 1. The Morgan fingerprint density at radius 3 is 2.68 bits per heavy atom. The molecule has 1 saturated heterocycles. The number of anilines is 1. The van der Waals surface area contributed by atoms with Crippen LogP contribution in [-0.4, -0.2) is 36.6 Å². The van der Waals surface area contributed by atoms with Crippen molar-refractivity contribution >= 4 is 17.6 Å². The average Bonchev–Trinajstić information content (AvgIpc) is 2.48. The summed E-state index contributed by atoms with van der Waals surface area (Å²) < 4.78 is 0. The molecule has 1 aliphatic heterocycles. The molecular weight excluding hydrogens is 280 g/mol.